The first-order chi connectivity index (χ1) is 24.6. The van der Waals surface area contributed by atoms with Crippen molar-refractivity contribution in [3.05, 3.63) is 136 Å². The molecule has 4 aromatic carbocycles. The molecule has 6 atom stereocenters. The summed E-state index contributed by atoms with van der Waals surface area (Å²) in [6, 6.07) is 26.0. The number of aromatic hydroxyl groups is 1. The van der Waals surface area contributed by atoms with Crippen molar-refractivity contribution in [2.45, 2.75) is 30.8 Å². The number of hydroxylamine groups is 2. The van der Waals surface area contributed by atoms with Gasteiger partial charge in [0.15, 0.2) is 0 Å². The number of anilines is 1. The van der Waals surface area contributed by atoms with E-state index >= 15 is 4.79 Å². The Kier molecular flexibility index (Phi) is 7.92. The number of fused-ring (bicyclic) bond motifs is 4. The number of benzene rings is 4. The number of carbonyl (C=O) groups is 4. The third kappa shape index (κ3) is 5.10. The summed E-state index contributed by atoms with van der Waals surface area (Å²) in [5.41, 5.74) is 3.76. The number of hydrogen-bond donors (Lipinski definition) is 3. The van der Waals surface area contributed by atoms with Crippen LogP contribution in [0.15, 0.2) is 109 Å². The van der Waals surface area contributed by atoms with Gasteiger partial charge in [-0.15, -0.1) is 0 Å². The molecule has 4 aliphatic rings. The Labute approximate surface area is 296 Å². The highest BCUT2D eigenvalue weighted by Crippen LogP contribution is 2.65. The van der Waals surface area contributed by atoms with Crippen molar-refractivity contribution in [3.63, 3.8) is 0 Å². The van der Waals surface area contributed by atoms with E-state index in [1.807, 2.05) is 36.4 Å². The summed E-state index contributed by atoms with van der Waals surface area (Å²) < 4.78 is 19.8. The molecule has 2 saturated heterocycles. The van der Waals surface area contributed by atoms with Crippen molar-refractivity contribution >= 4 is 40.9 Å². The maximum Gasteiger partial charge on any atom is 0.260 e. The highest BCUT2D eigenvalue weighted by atomic mass is 35.5. The number of phenols is 1. The number of allylic oxidation sites excluding steroid dienone is 2. The number of hydrogen-bond acceptors (Lipinski definition) is 8. The molecule has 3 fully saturated rings. The number of nitrogens with zero attached hydrogens (tertiary/aromatic N) is 2. The number of amides is 4. The number of nitrogens with one attached hydrogen (secondary N) is 1. The molecule has 6 unspecified atom stereocenters. The van der Waals surface area contributed by atoms with Gasteiger partial charge in [-0.1, -0.05) is 71.8 Å². The molecule has 12 heteroatoms. The van der Waals surface area contributed by atoms with Crippen molar-refractivity contribution in [2.24, 2.45) is 23.7 Å². The number of imide groups is 2. The number of halogens is 2. The van der Waals surface area contributed by atoms with Crippen LogP contribution in [0.4, 0.5) is 10.1 Å². The highest BCUT2D eigenvalue weighted by Gasteiger charge is 2.70. The molecule has 0 radical (unpaired) electrons. The van der Waals surface area contributed by atoms with E-state index in [1.165, 1.54) is 30.3 Å². The van der Waals surface area contributed by atoms with Crippen LogP contribution in [0.25, 0.3) is 0 Å². The average molecular weight is 708 g/mol. The number of hydrazine groups is 1. The van der Waals surface area contributed by atoms with Gasteiger partial charge in [-0.3, -0.25) is 29.8 Å². The average Bonchev–Trinajstić information content (AvgIpc) is 3.49. The minimum atomic E-state index is -1.67. The molecule has 4 amide bonds. The molecular weight excluding hydrogens is 677 g/mol. The predicted molar refractivity (Wildman–Crippen MR) is 182 cm³/mol. The van der Waals surface area contributed by atoms with Gasteiger partial charge < -0.3 is 9.84 Å². The van der Waals surface area contributed by atoms with Gasteiger partial charge in [-0.25, -0.2) is 4.39 Å². The van der Waals surface area contributed by atoms with Crippen LogP contribution in [-0.2, 0) is 31.2 Å². The third-order valence-corrected chi connectivity index (χ3v) is 11.0. The van der Waals surface area contributed by atoms with Crippen LogP contribution in [0.1, 0.15) is 35.4 Å². The molecule has 0 bridgehead atoms. The Morgan fingerprint density at radius 3 is 2.31 bits per heavy atom. The van der Waals surface area contributed by atoms with E-state index in [0.29, 0.717) is 27.5 Å². The SMILES string of the molecule is O=C1C2CC=C3C(CC4C(=O)N(Nc5ccc(F)cc5)C(=O)C4(c4ccc(Cl)cc4)C3c3ccc(OCc4ccccc4)cc3O)C2C(=O)N1O. The second kappa shape index (κ2) is 12.4. The van der Waals surface area contributed by atoms with Crippen LogP contribution in [0.5, 0.6) is 11.5 Å². The lowest BCUT2D eigenvalue weighted by atomic mass is 9.49. The first-order valence-electron chi connectivity index (χ1n) is 16.5. The molecule has 2 aliphatic carbocycles. The van der Waals surface area contributed by atoms with Gasteiger partial charge in [0.2, 0.25) is 0 Å². The molecule has 4 aromatic rings. The monoisotopic (exact) mass is 707 g/mol. The summed E-state index contributed by atoms with van der Waals surface area (Å²) in [6.45, 7) is 0.237. The van der Waals surface area contributed by atoms with E-state index in [0.717, 1.165) is 10.6 Å². The van der Waals surface area contributed by atoms with Crippen molar-refractivity contribution in [1.29, 1.82) is 0 Å². The zero-order chi connectivity index (χ0) is 35.6. The second-order valence-corrected chi connectivity index (χ2v) is 13.8. The van der Waals surface area contributed by atoms with Crippen LogP contribution in [-0.4, -0.2) is 44.0 Å². The molecule has 2 aliphatic heterocycles. The minimum absolute atomic E-state index is 0.00973. The van der Waals surface area contributed by atoms with E-state index in [1.54, 1.807) is 36.4 Å². The summed E-state index contributed by atoms with van der Waals surface area (Å²) in [5.74, 6) is -7.75. The fourth-order valence-electron chi connectivity index (χ4n) is 8.58. The fourth-order valence-corrected chi connectivity index (χ4v) is 8.71. The number of carbonyl (C=O) groups excluding carboxylic acids is 4. The predicted octanol–water partition coefficient (Wildman–Crippen LogP) is 6.14. The Balaban J connectivity index is 1.30. The first-order valence-corrected chi connectivity index (χ1v) is 16.9. The van der Waals surface area contributed by atoms with Crippen LogP contribution >= 0.6 is 11.6 Å². The standard InChI is InChI=1S/C39H31ClFN3O7/c40-23-8-6-22(7-9-23)39-31(36(47)43(38(39)49)42-25-12-10-24(41)11-13-25)19-30-27(16-17-29-33(30)37(48)44(50)35(29)46)34(39)28-15-14-26(18-32(28)45)51-20-21-4-2-1-3-5-21/h1-16,18,29-31,33-34,42,45,50H,17,19-20H2. The van der Waals surface area contributed by atoms with Crippen molar-refractivity contribution in [2.75, 3.05) is 5.43 Å². The zero-order valence-electron chi connectivity index (χ0n) is 26.9. The van der Waals surface area contributed by atoms with Crippen LogP contribution in [0, 0.1) is 29.5 Å². The van der Waals surface area contributed by atoms with Gasteiger partial charge in [-0.2, -0.15) is 10.1 Å². The first kappa shape index (κ1) is 32.7. The van der Waals surface area contributed by atoms with Gasteiger partial charge in [0.25, 0.3) is 23.6 Å². The largest absolute Gasteiger partial charge is 0.508 e. The number of phenolic OH excluding ortho intramolecular Hbond substituents is 1. The van der Waals surface area contributed by atoms with Crippen LogP contribution in [0.2, 0.25) is 5.02 Å². The van der Waals surface area contributed by atoms with E-state index in [9.17, 15) is 29.1 Å². The molecule has 2 heterocycles. The van der Waals surface area contributed by atoms with Gasteiger partial charge >= 0.3 is 0 Å². The van der Waals surface area contributed by atoms with Gasteiger partial charge in [0, 0.05) is 22.6 Å². The third-order valence-electron chi connectivity index (χ3n) is 10.8. The van der Waals surface area contributed by atoms with Gasteiger partial charge in [0.05, 0.1) is 28.9 Å². The molecule has 3 N–H and O–H groups in total. The Hall–Kier alpha value is -5.52. The normalized spacial score (nSPS) is 26.8. The minimum Gasteiger partial charge on any atom is -0.508 e. The van der Waals surface area contributed by atoms with Crippen molar-refractivity contribution in [1.82, 2.24) is 10.1 Å². The Bertz CT molecular complexity index is 2110. The summed E-state index contributed by atoms with van der Waals surface area (Å²) in [7, 11) is 0. The number of ether oxygens (including phenoxy) is 1. The van der Waals surface area contributed by atoms with E-state index < -0.39 is 64.5 Å². The lowest BCUT2D eigenvalue weighted by Gasteiger charge is -2.50. The van der Waals surface area contributed by atoms with E-state index in [-0.39, 0.29) is 35.9 Å². The van der Waals surface area contributed by atoms with E-state index in [2.05, 4.69) is 5.43 Å². The molecule has 51 heavy (non-hydrogen) atoms. The van der Waals surface area contributed by atoms with Crippen LogP contribution in [0.3, 0.4) is 0 Å². The Morgan fingerprint density at radius 2 is 1.61 bits per heavy atom. The molecule has 0 aromatic heterocycles. The molecule has 0 spiro atoms. The van der Waals surface area contributed by atoms with Gasteiger partial charge in [-0.05, 0) is 72.4 Å². The summed E-state index contributed by atoms with van der Waals surface area (Å²) in [4.78, 5) is 56.2. The molecule has 258 valence electrons. The Morgan fingerprint density at radius 1 is 0.882 bits per heavy atom. The number of rotatable bonds is 7. The molecule has 1 saturated carbocycles. The highest BCUT2D eigenvalue weighted by molar-refractivity contribution is 6.30. The lowest BCUT2D eigenvalue weighted by Crippen LogP contribution is -2.53. The smallest absolute Gasteiger partial charge is 0.260 e. The zero-order valence-corrected chi connectivity index (χ0v) is 27.7. The van der Waals surface area contributed by atoms with Crippen LogP contribution < -0.4 is 10.2 Å². The topological polar surface area (TPSA) is 136 Å². The second-order valence-electron chi connectivity index (χ2n) is 13.4. The maximum absolute atomic E-state index is 15.2. The quantitative estimate of drug-likeness (QED) is 0.119. The maximum atomic E-state index is 15.2. The molecule has 10 nitrogen and oxygen atoms in total. The fraction of sp³-hybridized carbons (Fsp3) is 0.231. The van der Waals surface area contributed by atoms with Crippen molar-refractivity contribution < 1.29 is 38.6 Å². The van der Waals surface area contributed by atoms with Gasteiger partial charge in [0.1, 0.15) is 23.9 Å². The summed E-state index contributed by atoms with van der Waals surface area (Å²) >= 11 is 6.32. The summed E-state index contributed by atoms with van der Waals surface area (Å²) in [6.07, 6.45) is 1.90. The van der Waals surface area contributed by atoms with Crippen molar-refractivity contribution in [3.8, 4) is 11.5 Å². The molecular formula is C39H31ClFN3O7. The summed E-state index contributed by atoms with van der Waals surface area (Å²) in [5, 5.41) is 23.7. The van der Waals surface area contributed by atoms with E-state index in [4.69, 9.17) is 16.3 Å². The lowest BCUT2D eigenvalue weighted by molar-refractivity contribution is -0.173. The molecule has 8 rings (SSSR count).